The molecule has 31 heavy (non-hydrogen) atoms. The van der Waals surface area contributed by atoms with E-state index in [9.17, 15) is 14.4 Å². The average molecular weight is 436 g/mol. The van der Waals surface area contributed by atoms with Crippen molar-refractivity contribution in [2.75, 3.05) is 5.32 Å². The highest BCUT2D eigenvalue weighted by Gasteiger charge is 2.22. The highest BCUT2D eigenvalue weighted by Crippen LogP contribution is 2.24. The van der Waals surface area contributed by atoms with E-state index in [0.717, 1.165) is 11.3 Å². The highest BCUT2D eigenvalue weighted by molar-refractivity contribution is 7.14. The second-order valence-electron chi connectivity index (χ2n) is 6.59. The maximum absolute atomic E-state index is 12.5. The number of ether oxygens (including phenoxy) is 1. The van der Waals surface area contributed by atoms with Gasteiger partial charge >= 0.3 is 5.97 Å². The number of carbonyl (C=O) groups excluding carboxylic acids is 3. The van der Waals surface area contributed by atoms with Crippen molar-refractivity contribution in [3.8, 4) is 11.3 Å². The van der Waals surface area contributed by atoms with Crippen LogP contribution in [-0.4, -0.2) is 28.9 Å². The lowest BCUT2D eigenvalue weighted by Gasteiger charge is -2.14. The van der Waals surface area contributed by atoms with Gasteiger partial charge in [0.05, 0.1) is 5.69 Å². The van der Waals surface area contributed by atoms with Crippen LogP contribution in [0.15, 0.2) is 71.7 Å². The summed E-state index contributed by atoms with van der Waals surface area (Å²) in [5.74, 6) is -1.76. The third-order valence-corrected chi connectivity index (χ3v) is 4.86. The van der Waals surface area contributed by atoms with Crippen molar-refractivity contribution in [1.29, 1.82) is 0 Å². The zero-order valence-electron chi connectivity index (χ0n) is 17.0. The monoisotopic (exact) mass is 435 g/mol. The molecule has 8 heteroatoms. The van der Waals surface area contributed by atoms with Gasteiger partial charge in [-0.05, 0) is 18.6 Å². The third-order valence-electron chi connectivity index (χ3n) is 4.10. The lowest BCUT2D eigenvalue weighted by Crippen LogP contribution is -2.33. The molecular formula is C23H21N3O4S. The Kier molecular flexibility index (Phi) is 7.29. The van der Waals surface area contributed by atoms with Crippen molar-refractivity contribution < 1.29 is 19.1 Å². The van der Waals surface area contributed by atoms with E-state index in [2.05, 4.69) is 15.6 Å². The van der Waals surface area contributed by atoms with Gasteiger partial charge in [0.2, 0.25) is 5.91 Å². The Hall–Kier alpha value is -3.78. The van der Waals surface area contributed by atoms with E-state index in [1.807, 2.05) is 41.8 Å². The first-order valence-electron chi connectivity index (χ1n) is 9.49. The Labute approximate surface area is 183 Å². The Morgan fingerprint density at radius 2 is 1.68 bits per heavy atom. The van der Waals surface area contributed by atoms with Crippen LogP contribution in [0.3, 0.4) is 0 Å². The molecule has 1 atom stereocenters. The number of nitrogens with one attached hydrogen (secondary N) is 2. The molecule has 0 aliphatic heterocycles. The van der Waals surface area contributed by atoms with Crippen molar-refractivity contribution in [2.24, 2.45) is 0 Å². The maximum atomic E-state index is 12.5. The maximum Gasteiger partial charge on any atom is 0.355 e. The van der Waals surface area contributed by atoms with E-state index in [4.69, 9.17) is 4.74 Å². The second-order valence-corrected chi connectivity index (χ2v) is 7.45. The molecule has 0 saturated heterocycles. The Bertz CT molecular complexity index is 1090. The number of carbonyl (C=O) groups is 3. The van der Waals surface area contributed by atoms with Gasteiger partial charge in [0, 0.05) is 17.9 Å². The largest absolute Gasteiger partial charge is 0.448 e. The molecule has 0 unspecified atom stereocenters. The number of rotatable bonds is 7. The molecule has 2 amide bonds. The summed E-state index contributed by atoms with van der Waals surface area (Å²) in [4.78, 5) is 40.9. The van der Waals surface area contributed by atoms with Crippen LogP contribution in [0.25, 0.3) is 17.3 Å². The predicted molar refractivity (Wildman–Crippen MR) is 120 cm³/mol. The molecule has 7 nitrogen and oxygen atoms in total. The second kappa shape index (κ2) is 10.3. The van der Waals surface area contributed by atoms with Gasteiger partial charge in [-0.25, -0.2) is 9.78 Å². The number of anilines is 1. The van der Waals surface area contributed by atoms with Crippen LogP contribution in [0.5, 0.6) is 0 Å². The molecule has 3 aromatic rings. The van der Waals surface area contributed by atoms with Crippen molar-refractivity contribution in [1.82, 2.24) is 10.3 Å². The minimum Gasteiger partial charge on any atom is -0.448 e. The molecule has 0 aliphatic rings. The van der Waals surface area contributed by atoms with Crippen LogP contribution in [0.4, 0.5) is 5.13 Å². The Morgan fingerprint density at radius 3 is 2.32 bits per heavy atom. The fraction of sp³-hybridized carbons (Fsp3) is 0.130. The molecule has 0 bridgehead atoms. The highest BCUT2D eigenvalue weighted by atomic mass is 32.1. The molecule has 0 radical (unpaired) electrons. The van der Waals surface area contributed by atoms with Gasteiger partial charge in [-0.2, -0.15) is 0 Å². The van der Waals surface area contributed by atoms with Gasteiger partial charge in [-0.15, -0.1) is 11.3 Å². The van der Waals surface area contributed by atoms with Crippen LogP contribution >= 0.6 is 11.3 Å². The summed E-state index contributed by atoms with van der Waals surface area (Å²) in [6.45, 7) is 2.74. The standard InChI is InChI=1S/C23H21N3O4S/c1-15(21(28)26-23-25-20(14-31-23)18-11-7-4-8-12-18)30-22(29)19(24-16(2)27)13-17-9-5-3-6-10-17/h3-15H,1-2H3,(H,24,27)(H,25,26,28)/b19-13+/t15-/m0/s1. The number of amides is 2. The molecular weight excluding hydrogens is 414 g/mol. The first-order valence-corrected chi connectivity index (χ1v) is 10.4. The summed E-state index contributed by atoms with van der Waals surface area (Å²) in [5, 5.41) is 7.33. The van der Waals surface area contributed by atoms with E-state index >= 15 is 0 Å². The van der Waals surface area contributed by atoms with Crippen LogP contribution in [0.2, 0.25) is 0 Å². The molecule has 2 aromatic carbocycles. The predicted octanol–water partition coefficient (Wildman–Crippen LogP) is 3.86. The van der Waals surface area contributed by atoms with Gasteiger partial charge in [-0.1, -0.05) is 60.7 Å². The molecule has 158 valence electrons. The van der Waals surface area contributed by atoms with Crippen molar-refractivity contribution in [3.05, 3.63) is 77.3 Å². The SMILES string of the molecule is CC(=O)N/C(=C/c1ccccc1)C(=O)O[C@@H](C)C(=O)Nc1nc(-c2ccccc2)cs1. The minimum atomic E-state index is -1.09. The van der Waals surface area contributed by atoms with Crippen molar-refractivity contribution in [2.45, 2.75) is 20.0 Å². The normalized spacial score (nSPS) is 12.0. The molecule has 0 aliphatic carbocycles. The first kappa shape index (κ1) is 21.9. The third kappa shape index (κ3) is 6.35. The van der Waals surface area contributed by atoms with Crippen molar-refractivity contribution >= 4 is 40.3 Å². The Morgan fingerprint density at radius 1 is 1.03 bits per heavy atom. The lowest BCUT2D eigenvalue weighted by molar-refractivity contribution is -0.149. The quantitative estimate of drug-likeness (QED) is 0.434. The molecule has 0 saturated carbocycles. The molecule has 0 fully saturated rings. The van der Waals surface area contributed by atoms with Crippen LogP contribution in [-0.2, 0) is 19.1 Å². The van der Waals surface area contributed by atoms with Gasteiger partial charge in [0.15, 0.2) is 11.2 Å². The van der Waals surface area contributed by atoms with E-state index in [1.165, 1.54) is 31.3 Å². The molecule has 0 spiro atoms. The summed E-state index contributed by atoms with van der Waals surface area (Å²) in [6.07, 6.45) is 0.394. The van der Waals surface area contributed by atoms with Gasteiger partial charge in [0.1, 0.15) is 5.70 Å². The van der Waals surface area contributed by atoms with Gasteiger partial charge in [-0.3, -0.25) is 14.9 Å². The summed E-state index contributed by atoms with van der Waals surface area (Å²) < 4.78 is 5.25. The first-order chi connectivity index (χ1) is 14.9. The smallest absolute Gasteiger partial charge is 0.355 e. The zero-order chi connectivity index (χ0) is 22.2. The number of thiazole rings is 1. The van der Waals surface area contributed by atoms with E-state index in [1.54, 1.807) is 24.3 Å². The van der Waals surface area contributed by atoms with Crippen LogP contribution < -0.4 is 10.6 Å². The fourth-order valence-corrected chi connectivity index (χ4v) is 3.33. The molecule has 3 rings (SSSR count). The van der Waals surface area contributed by atoms with Crippen LogP contribution in [0.1, 0.15) is 19.4 Å². The molecule has 1 aromatic heterocycles. The van der Waals surface area contributed by atoms with E-state index in [0.29, 0.717) is 10.7 Å². The fourth-order valence-electron chi connectivity index (χ4n) is 2.61. The lowest BCUT2D eigenvalue weighted by atomic mass is 10.2. The summed E-state index contributed by atoms with van der Waals surface area (Å²) >= 11 is 1.27. The summed E-state index contributed by atoms with van der Waals surface area (Å²) in [6, 6.07) is 18.6. The van der Waals surface area contributed by atoms with E-state index in [-0.39, 0.29) is 5.70 Å². The number of hydrogen-bond donors (Lipinski definition) is 2. The summed E-state index contributed by atoms with van der Waals surface area (Å²) in [5.41, 5.74) is 2.32. The van der Waals surface area contributed by atoms with Gasteiger partial charge in [0.25, 0.3) is 5.91 Å². The zero-order valence-corrected chi connectivity index (χ0v) is 17.8. The van der Waals surface area contributed by atoms with E-state index < -0.39 is 23.9 Å². The number of benzene rings is 2. The summed E-state index contributed by atoms with van der Waals surface area (Å²) in [7, 11) is 0. The minimum absolute atomic E-state index is 0.0565. The number of esters is 1. The average Bonchev–Trinajstić information content (AvgIpc) is 3.22. The Balaban J connectivity index is 1.65. The van der Waals surface area contributed by atoms with Gasteiger partial charge < -0.3 is 10.1 Å². The molecule has 2 N–H and O–H groups in total. The number of aromatic nitrogens is 1. The van der Waals surface area contributed by atoms with Crippen LogP contribution in [0, 0.1) is 0 Å². The number of hydrogen-bond acceptors (Lipinski definition) is 6. The van der Waals surface area contributed by atoms with Crippen molar-refractivity contribution in [3.63, 3.8) is 0 Å². The number of nitrogens with zero attached hydrogens (tertiary/aromatic N) is 1. The molecule has 1 heterocycles. The topological polar surface area (TPSA) is 97.4 Å².